The van der Waals surface area contributed by atoms with Gasteiger partial charge in [0.25, 0.3) is 0 Å². The maximum absolute atomic E-state index is 13.7. The van der Waals surface area contributed by atoms with Gasteiger partial charge in [0.05, 0.1) is 0 Å². The molecule has 8 heteroatoms. The summed E-state index contributed by atoms with van der Waals surface area (Å²) in [7, 11) is 0. The fourth-order valence-electron chi connectivity index (χ4n) is 2.51. The molecule has 0 radical (unpaired) electrons. The first-order valence-electron chi connectivity index (χ1n) is 7.46. The Morgan fingerprint density at radius 3 is 2.05 bits per heavy atom. The number of rotatable bonds is 6. The summed E-state index contributed by atoms with van der Waals surface area (Å²) in [6, 6.07) is -4.94. The Labute approximate surface area is 128 Å². The SMILES string of the molecule is CCCCCCN1N=CN(C(F)(F)C(F)(F)F)C1C(C)(C)C. The molecule has 22 heavy (non-hydrogen) atoms. The molecule has 3 nitrogen and oxygen atoms in total. The van der Waals surface area contributed by atoms with Crippen LogP contribution in [0.2, 0.25) is 0 Å². The third-order valence-electron chi connectivity index (χ3n) is 3.55. The van der Waals surface area contributed by atoms with Crippen LogP contribution >= 0.6 is 0 Å². The van der Waals surface area contributed by atoms with Crippen LogP contribution < -0.4 is 0 Å². The maximum atomic E-state index is 13.7. The second-order valence-electron chi connectivity index (χ2n) is 6.64. The van der Waals surface area contributed by atoms with Gasteiger partial charge in [-0.15, -0.1) is 0 Å². The average Bonchev–Trinajstić information content (AvgIpc) is 2.77. The standard InChI is InChI=1S/C14H24F5N3/c1-5-6-7-8-9-22-11(12(2,3)4)21(10-20-22)14(18,19)13(15,16)17/h10-11H,5-9H2,1-4H3. The molecule has 0 saturated carbocycles. The summed E-state index contributed by atoms with van der Waals surface area (Å²) >= 11 is 0. The maximum Gasteiger partial charge on any atom is 0.475 e. The quantitative estimate of drug-likeness (QED) is 0.401. The molecular weight excluding hydrogens is 305 g/mol. The summed E-state index contributed by atoms with van der Waals surface area (Å²) in [6.07, 6.45) is -2.53. The van der Waals surface area contributed by atoms with Gasteiger partial charge >= 0.3 is 12.2 Å². The van der Waals surface area contributed by atoms with Gasteiger partial charge in [0, 0.05) is 12.0 Å². The second-order valence-corrected chi connectivity index (χ2v) is 6.64. The Bertz CT molecular complexity index is 387. The lowest BCUT2D eigenvalue weighted by Crippen LogP contribution is -2.60. The molecule has 1 aliphatic rings. The summed E-state index contributed by atoms with van der Waals surface area (Å²) in [5.41, 5.74) is -0.810. The first kappa shape index (κ1) is 19.0. The van der Waals surface area contributed by atoms with Gasteiger partial charge in [-0.05, 0) is 6.42 Å². The van der Waals surface area contributed by atoms with Crippen LogP contribution in [0.15, 0.2) is 5.10 Å². The highest BCUT2D eigenvalue weighted by Gasteiger charge is 2.65. The van der Waals surface area contributed by atoms with E-state index in [4.69, 9.17) is 0 Å². The number of nitrogens with zero attached hydrogens (tertiary/aromatic N) is 3. The Hall–Kier alpha value is -1.08. The Morgan fingerprint density at radius 1 is 1.00 bits per heavy atom. The van der Waals surface area contributed by atoms with Gasteiger partial charge in [-0.25, -0.2) is 0 Å². The van der Waals surface area contributed by atoms with Gasteiger partial charge < -0.3 is 0 Å². The minimum absolute atomic E-state index is 0.0345. The minimum atomic E-state index is -5.64. The number of alkyl halides is 5. The minimum Gasteiger partial charge on any atom is -0.272 e. The van der Waals surface area contributed by atoms with E-state index in [1.807, 2.05) is 6.92 Å². The molecule has 1 aliphatic heterocycles. The molecule has 0 aromatic carbocycles. The highest BCUT2D eigenvalue weighted by atomic mass is 19.4. The van der Waals surface area contributed by atoms with Crippen LogP contribution in [-0.4, -0.2) is 41.2 Å². The molecule has 0 amide bonds. The Kier molecular flexibility index (Phi) is 5.67. The lowest BCUT2D eigenvalue weighted by Gasteiger charge is -2.42. The molecule has 0 fully saturated rings. The lowest BCUT2D eigenvalue weighted by molar-refractivity contribution is -0.338. The van der Waals surface area contributed by atoms with E-state index in [0.717, 1.165) is 19.3 Å². The van der Waals surface area contributed by atoms with Crippen molar-refractivity contribution in [3.05, 3.63) is 0 Å². The van der Waals surface area contributed by atoms with Crippen molar-refractivity contribution in [3.63, 3.8) is 0 Å². The zero-order valence-electron chi connectivity index (χ0n) is 13.4. The lowest BCUT2D eigenvalue weighted by atomic mass is 9.90. The van der Waals surface area contributed by atoms with Crippen molar-refractivity contribution >= 4 is 6.34 Å². The highest BCUT2D eigenvalue weighted by Crippen LogP contribution is 2.44. The summed E-state index contributed by atoms with van der Waals surface area (Å²) < 4.78 is 65.4. The summed E-state index contributed by atoms with van der Waals surface area (Å²) in [6.45, 7) is 7.29. The van der Waals surface area contributed by atoms with Crippen LogP contribution in [0.3, 0.4) is 0 Å². The molecule has 1 rings (SSSR count). The van der Waals surface area contributed by atoms with Crippen LogP contribution in [0.5, 0.6) is 0 Å². The number of hydrazone groups is 1. The predicted molar refractivity (Wildman–Crippen MR) is 75.4 cm³/mol. The summed E-state index contributed by atoms with van der Waals surface area (Å²) in [4.78, 5) is 0.0345. The fourth-order valence-corrected chi connectivity index (χ4v) is 2.51. The molecule has 0 bridgehead atoms. The van der Waals surface area contributed by atoms with Gasteiger partial charge in [-0.1, -0.05) is 47.0 Å². The van der Waals surface area contributed by atoms with E-state index in [1.54, 1.807) is 20.8 Å². The van der Waals surface area contributed by atoms with E-state index >= 15 is 0 Å². The summed E-state index contributed by atoms with van der Waals surface area (Å²) in [5, 5.41) is 5.14. The molecule has 130 valence electrons. The monoisotopic (exact) mass is 329 g/mol. The van der Waals surface area contributed by atoms with Crippen molar-refractivity contribution in [2.75, 3.05) is 6.54 Å². The third-order valence-corrected chi connectivity index (χ3v) is 3.55. The van der Waals surface area contributed by atoms with E-state index in [9.17, 15) is 22.0 Å². The molecule has 1 heterocycles. The second kappa shape index (κ2) is 6.58. The molecule has 0 aromatic heterocycles. The van der Waals surface area contributed by atoms with Crippen molar-refractivity contribution < 1.29 is 22.0 Å². The van der Waals surface area contributed by atoms with E-state index in [1.165, 1.54) is 5.01 Å². The van der Waals surface area contributed by atoms with Crippen LogP contribution in [0.1, 0.15) is 53.4 Å². The first-order chi connectivity index (χ1) is 9.93. The van der Waals surface area contributed by atoms with Crippen molar-refractivity contribution in [1.29, 1.82) is 0 Å². The van der Waals surface area contributed by atoms with E-state index in [-0.39, 0.29) is 4.90 Å². The van der Waals surface area contributed by atoms with Gasteiger partial charge in [-0.3, -0.25) is 9.91 Å². The van der Waals surface area contributed by atoms with Crippen LogP contribution in [0.25, 0.3) is 0 Å². The molecule has 0 N–H and O–H groups in total. The largest absolute Gasteiger partial charge is 0.475 e. The average molecular weight is 329 g/mol. The van der Waals surface area contributed by atoms with Crippen LogP contribution in [0, 0.1) is 5.41 Å². The molecule has 0 saturated heterocycles. The van der Waals surface area contributed by atoms with Gasteiger partial charge in [-0.2, -0.15) is 27.1 Å². The predicted octanol–water partition coefficient (Wildman–Crippen LogP) is 4.65. The third kappa shape index (κ3) is 4.01. The molecule has 0 aliphatic carbocycles. The van der Waals surface area contributed by atoms with Crippen molar-refractivity contribution in [2.24, 2.45) is 10.5 Å². The molecule has 0 aromatic rings. The molecule has 1 atom stereocenters. The zero-order valence-corrected chi connectivity index (χ0v) is 13.4. The fraction of sp³-hybridized carbons (Fsp3) is 0.929. The van der Waals surface area contributed by atoms with Crippen LogP contribution in [-0.2, 0) is 0 Å². The number of hydrogen-bond donors (Lipinski definition) is 0. The number of hydrogen-bond acceptors (Lipinski definition) is 3. The smallest absolute Gasteiger partial charge is 0.272 e. The van der Waals surface area contributed by atoms with Gasteiger partial charge in [0.2, 0.25) is 0 Å². The zero-order chi connectivity index (χ0) is 17.2. The highest BCUT2D eigenvalue weighted by molar-refractivity contribution is 5.58. The van der Waals surface area contributed by atoms with Gasteiger partial charge in [0.1, 0.15) is 12.5 Å². The van der Waals surface area contributed by atoms with E-state index in [2.05, 4.69) is 5.10 Å². The van der Waals surface area contributed by atoms with Crippen molar-refractivity contribution in [3.8, 4) is 0 Å². The number of halogens is 5. The first-order valence-corrected chi connectivity index (χ1v) is 7.46. The van der Waals surface area contributed by atoms with E-state index < -0.39 is 23.8 Å². The molecular formula is C14H24F5N3. The Balaban J connectivity index is 2.90. The molecule has 1 unspecified atom stereocenters. The molecule has 0 spiro atoms. The van der Waals surface area contributed by atoms with Crippen LogP contribution in [0.4, 0.5) is 22.0 Å². The van der Waals surface area contributed by atoms with Crippen molar-refractivity contribution in [1.82, 2.24) is 9.91 Å². The van der Waals surface area contributed by atoms with Crippen molar-refractivity contribution in [2.45, 2.75) is 71.8 Å². The summed E-state index contributed by atoms with van der Waals surface area (Å²) in [5.74, 6) is 0. The van der Waals surface area contributed by atoms with Gasteiger partial charge in [0.15, 0.2) is 0 Å². The topological polar surface area (TPSA) is 18.8 Å². The van der Waals surface area contributed by atoms with E-state index in [0.29, 0.717) is 19.3 Å². The number of unbranched alkanes of at least 4 members (excludes halogenated alkanes) is 3. The Morgan fingerprint density at radius 2 is 1.59 bits per heavy atom. The normalized spacial score (nSPS) is 20.1.